The first kappa shape index (κ1) is 11.3. The molecule has 0 aliphatic heterocycles. The second kappa shape index (κ2) is 5.84. The molecule has 0 heterocycles. The van der Waals surface area contributed by atoms with Crippen molar-refractivity contribution in [1.82, 2.24) is 0 Å². The molecule has 1 rings (SSSR count). The third-order valence-electron chi connectivity index (χ3n) is 1.70. The number of carbonyl (C=O) groups is 1. The highest BCUT2D eigenvalue weighted by Gasteiger charge is 1.99. The molecule has 0 radical (unpaired) electrons. The van der Waals surface area contributed by atoms with Crippen molar-refractivity contribution in [1.29, 1.82) is 0 Å². The Morgan fingerprint density at radius 3 is 2.87 bits per heavy atom. The maximum atomic E-state index is 10.9. The van der Waals surface area contributed by atoms with Gasteiger partial charge in [0.15, 0.2) is 0 Å². The van der Waals surface area contributed by atoms with Gasteiger partial charge >= 0.3 is 0 Å². The molecule has 1 amide bonds. The number of aliphatic hydroxyl groups excluding tert-OH is 1. The minimum atomic E-state index is -0.119. The first-order chi connectivity index (χ1) is 7.24. The van der Waals surface area contributed by atoms with E-state index in [-0.39, 0.29) is 12.5 Å². The lowest BCUT2D eigenvalue weighted by atomic mass is 10.2. The number of hydrogen-bond donors (Lipinski definition) is 2. The molecule has 0 fully saturated rings. The molecule has 1 aromatic rings. The van der Waals surface area contributed by atoms with Crippen LogP contribution >= 0.6 is 0 Å². The molecule has 0 bridgehead atoms. The number of rotatable bonds is 2. The summed E-state index contributed by atoms with van der Waals surface area (Å²) in [7, 11) is 0. The Morgan fingerprint density at radius 1 is 1.47 bits per heavy atom. The monoisotopic (exact) mass is 203 g/mol. The van der Waals surface area contributed by atoms with E-state index in [1.54, 1.807) is 6.07 Å². The molecule has 15 heavy (non-hydrogen) atoms. The van der Waals surface area contributed by atoms with E-state index in [1.807, 2.05) is 18.2 Å². The van der Waals surface area contributed by atoms with Gasteiger partial charge in [-0.25, -0.2) is 0 Å². The standard InChI is InChI=1S/C12H13NO2/c1-10(15)13-12-8-3-2-6-11(12)7-4-5-9-14/h2-3,6,8,14H,5,9H2,1H3,(H,13,15). The van der Waals surface area contributed by atoms with E-state index in [0.717, 1.165) is 5.56 Å². The quantitative estimate of drug-likeness (QED) is 0.713. The molecule has 0 atom stereocenters. The molecule has 0 spiro atoms. The van der Waals surface area contributed by atoms with Crippen molar-refractivity contribution in [2.45, 2.75) is 13.3 Å². The van der Waals surface area contributed by atoms with Crippen LogP contribution in [0.1, 0.15) is 18.9 Å². The summed E-state index contributed by atoms with van der Waals surface area (Å²) in [6.45, 7) is 1.51. The lowest BCUT2D eigenvalue weighted by Gasteiger charge is -2.03. The second-order valence-electron chi connectivity index (χ2n) is 3.00. The van der Waals surface area contributed by atoms with E-state index in [1.165, 1.54) is 6.92 Å². The molecule has 0 aliphatic carbocycles. The summed E-state index contributed by atoms with van der Waals surface area (Å²) in [5, 5.41) is 11.3. The lowest BCUT2D eigenvalue weighted by Crippen LogP contribution is -2.06. The zero-order valence-electron chi connectivity index (χ0n) is 8.58. The van der Waals surface area contributed by atoms with Gasteiger partial charge in [0.2, 0.25) is 5.91 Å². The summed E-state index contributed by atoms with van der Waals surface area (Å²) < 4.78 is 0. The molecule has 0 unspecified atom stereocenters. The molecule has 3 heteroatoms. The van der Waals surface area contributed by atoms with Crippen LogP contribution in [0.4, 0.5) is 5.69 Å². The molecule has 0 aromatic heterocycles. The topological polar surface area (TPSA) is 49.3 Å². The van der Waals surface area contributed by atoms with Crippen molar-refractivity contribution in [3.05, 3.63) is 29.8 Å². The molecule has 3 nitrogen and oxygen atoms in total. The van der Waals surface area contributed by atoms with Crippen LogP contribution in [0.25, 0.3) is 0 Å². The highest BCUT2D eigenvalue weighted by Crippen LogP contribution is 2.13. The fraction of sp³-hybridized carbons (Fsp3) is 0.250. The number of para-hydroxylation sites is 1. The maximum Gasteiger partial charge on any atom is 0.221 e. The number of anilines is 1. The lowest BCUT2D eigenvalue weighted by molar-refractivity contribution is -0.114. The third kappa shape index (κ3) is 3.84. The van der Waals surface area contributed by atoms with Crippen molar-refractivity contribution in [2.24, 2.45) is 0 Å². The van der Waals surface area contributed by atoms with Crippen LogP contribution in [0.3, 0.4) is 0 Å². The Morgan fingerprint density at radius 2 is 2.20 bits per heavy atom. The van der Waals surface area contributed by atoms with E-state index < -0.39 is 0 Å². The number of hydrogen-bond acceptors (Lipinski definition) is 2. The van der Waals surface area contributed by atoms with Crippen LogP contribution in [-0.4, -0.2) is 17.6 Å². The molecule has 0 aliphatic rings. The summed E-state index contributed by atoms with van der Waals surface area (Å²) >= 11 is 0. The van der Waals surface area contributed by atoms with E-state index >= 15 is 0 Å². The first-order valence-corrected chi connectivity index (χ1v) is 4.70. The zero-order valence-corrected chi connectivity index (χ0v) is 8.58. The Balaban J connectivity index is 2.87. The Kier molecular flexibility index (Phi) is 4.39. The Labute approximate surface area is 89.1 Å². The normalized spacial score (nSPS) is 8.93. The average Bonchev–Trinajstić information content (AvgIpc) is 2.20. The molecule has 78 valence electrons. The predicted octanol–water partition coefficient (Wildman–Crippen LogP) is 1.38. The van der Waals surface area contributed by atoms with E-state index in [0.29, 0.717) is 12.1 Å². The van der Waals surface area contributed by atoms with E-state index in [9.17, 15) is 4.79 Å². The Hall–Kier alpha value is -1.79. The van der Waals surface area contributed by atoms with Gasteiger partial charge in [-0.15, -0.1) is 0 Å². The number of amides is 1. The zero-order chi connectivity index (χ0) is 11.1. The summed E-state index contributed by atoms with van der Waals surface area (Å²) in [5.41, 5.74) is 1.47. The van der Waals surface area contributed by atoms with Crippen molar-refractivity contribution in [3.63, 3.8) is 0 Å². The van der Waals surface area contributed by atoms with Crippen molar-refractivity contribution in [2.75, 3.05) is 11.9 Å². The largest absolute Gasteiger partial charge is 0.395 e. The van der Waals surface area contributed by atoms with Gasteiger partial charge in [0.1, 0.15) is 0 Å². The fourth-order valence-corrected chi connectivity index (χ4v) is 1.10. The summed E-state index contributed by atoms with van der Waals surface area (Å²) in [4.78, 5) is 10.9. The summed E-state index contributed by atoms with van der Waals surface area (Å²) in [6.07, 6.45) is 0.439. The maximum absolute atomic E-state index is 10.9. The van der Waals surface area contributed by atoms with Crippen LogP contribution in [0, 0.1) is 11.8 Å². The Bertz CT molecular complexity index is 402. The van der Waals surface area contributed by atoms with Gasteiger partial charge in [0.05, 0.1) is 12.3 Å². The second-order valence-corrected chi connectivity index (χ2v) is 3.00. The molecule has 0 saturated carbocycles. The molecular weight excluding hydrogens is 190 g/mol. The molecule has 1 aromatic carbocycles. The molecule has 2 N–H and O–H groups in total. The third-order valence-corrected chi connectivity index (χ3v) is 1.70. The first-order valence-electron chi connectivity index (χ1n) is 4.70. The minimum absolute atomic E-state index is 0.0509. The van der Waals surface area contributed by atoms with Gasteiger partial charge in [-0.1, -0.05) is 24.0 Å². The van der Waals surface area contributed by atoms with Crippen molar-refractivity contribution >= 4 is 11.6 Å². The number of benzene rings is 1. The number of carbonyl (C=O) groups excluding carboxylic acids is 1. The molecule has 0 saturated heterocycles. The average molecular weight is 203 g/mol. The van der Waals surface area contributed by atoms with Gasteiger partial charge in [-0.2, -0.15) is 0 Å². The fourth-order valence-electron chi connectivity index (χ4n) is 1.10. The number of nitrogens with one attached hydrogen (secondary N) is 1. The predicted molar refractivity (Wildman–Crippen MR) is 59.3 cm³/mol. The van der Waals surface area contributed by atoms with Gasteiger partial charge in [0, 0.05) is 18.9 Å². The highest BCUT2D eigenvalue weighted by atomic mass is 16.2. The van der Waals surface area contributed by atoms with Crippen molar-refractivity contribution < 1.29 is 9.90 Å². The molecular formula is C12H13NO2. The number of aliphatic hydroxyl groups is 1. The van der Waals surface area contributed by atoms with Gasteiger partial charge in [-0.3, -0.25) is 4.79 Å². The van der Waals surface area contributed by atoms with Gasteiger partial charge < -0.3 is 10.4 Å². The van der Waals surface area contributed by atoms with Crippen LogP contribution in [0.5, 0.6) is 0 Å². The summed E-state index contributed by atoms with van der Waals surface area (Å²) in [6, 6.07) is 7.32. The highest BCUT2D eigenvalue weighted by molar-refractivity contribution is 5.90. The van der Waals surface area contributed by atoms with Gasteiger partial charge in [0.25, 0.3) is 0 Å². The van der Waals surface area contributed by atoms with E-state index in [2.05, 4.69) is 17.2 Å². The van der Waals surface area contributed by atoms with Gasteiger partial charge in [-0.05, 0) is 12.1 Å². The van der Waals surface area contributed by atoms with Crippen LogP contribution in [-0.2, 0) is 4.79 Å². The smallest absolute Gasteiger partial charge is 0.221 e. The van der Waals surface area contributed by atoms with Crippen LogP contribution in [0.15, 0.2) is 24.3 Å². The minimum Gasteiger partial charge on any atom is -0.395 e. The van der Waals surface area contributed by atoms with Crippen molar-refractivity contribution in [3.8, 4) is 11.8 Å². The summed E-state index contributed by atoms with van der Waals surface area (Å²) in [5.74, 6) is 5.59. The van der Waals surface area contributed by atoms with E-state index in [4.69, 9.17) is 5.11 Å². The van der Waals surface area contributed by atoms with Crippen LogP contribution in [0.2, 0.25) is 0 Å². The van der Waals surface area contributed by atoms with Crippen LogP contribution < -0.4 is 5.32 Å². The SMILES string of the molecule is CC(=O)Nc1ccccc1C#CCCO.